The van der Waals surface area contributed by atoms with Gasteiger partial charge in [-0.2, -0.15) is 0 Å². The number of carbonyl (C=O) groups is 1. The van der Waals surface area contributed by atoms with E-state index in [1.54, 1.807) is 0 Å². The second kappa shape index (κ2) is 5.67. The number of aryl methyl sites for hydroxylation is 1. The Morgan fingerprint density at radius 3 is 3.06 bits per heavy atom. The van der Waals surface area contributed by atoms with E-state index in [4.69, 9.17) is 0 Å². The summed E-state index contributed by atoms with van der Waals surface area (Å²) in [6, 6.07) is 8.51. The van der Waals surface area contributed by atoms with Crippen molar-refractivity contribution in [3.05, 3.63) is 35.4 Å². The highest BCUT2D eigenvalue weighted by Gasteiger charge is 2.25. The number of benzene rings is 1. The van der Waals surface area contributed by atoms with Gasteiger partial charge in [-0.1, -0.05) is 45.8 Å². The first-order valence-electron chi connectivity index (χ1n) is 6.15. The second-order valence-corrected chi connectivity index (χ2v) is 5.78. The van der Waals surface area contributed by atoms with Gasteiger partial charge in [0, 0.05) is 13.1 Å². The Labute approximate surface area is 111 Å². The zero-order valence-electron chi connectivity index (χ0n) is 10.2. The molecule has 1 amide bonds. The van der Waals surface area contributed by atoms with Gasteiger partial charge in [0.1, 0.15) is 0 Å². The van der Waals surface area contributed by atoms with Crippen molar-refractivity contribution in [1.82, 2.24) is 4.90 Å². The molecule has 1 heterocycles. The Morgan fingerprint density at radius 2 is 2.29 bits per heavy atom. The summed E-state index contributed by atoms with van der Waals surface area (Å²) in [5.74, 6) is 0.254. The summed E-state index contributed by atoms with van der Waals surface area (Å²) < 4.78 is 0. The SMILES string of the molecule is Cc1cccc(CCN2CCCC(Br)C2=O)c1. The molecule has 0 aromatic heterocycles. The molecule has 17 heavy (non-hydrogen) atoms. The number of likely N-dealkylation sites (tertiary alicyclic amines) is 1. The van der Waals surface area contributed by atoms with E-state index in [-0.39, 0.29) is 10.7 Å². The normalized spacial score (nSPS) is 20.7. The lowest BCUT2D eigenvalue weighted by Gasteiger charge is -2.29. The van der Waals surface area contributed by atoms with Crippen molar-refractivity contribution in [2.45, 2.75) is 31.0 Å². The number of halogens is 1. The summed E-state index contributed by atoms with van der Waals surface area (Å²) in [6.07, 6.45) is 3.03. The number of hydrogen-bond donors (Lipinski definition) is 0. The van der Waals surface area contributed by atoms with Crippen LogP contribution in [0.25, 0.3) is 0 Å². The summed E-state index contributed by atoms with van der Waals surface area (Å²) in [6.45, 7) is 3.85. The van der Waals surface area contributed by atoms with Crippen LogP contribution in [-0.4, -0.2) is 28.7 Å². The second-order valence-electron chi connectivity index (χ2n) is 4.67. The molecular formula is C14H18BrNO. The number of nitrogens with zero attached hydrogens (tertiary/aromatic N) is 1. The molecule has 0 saturated carbocycles. The van der Waals surface area contributed by atoms with Gasteiger partial charge in [-0.05, 0) is 31.7 Å². The molecule has 0 aliphatic carbocycles. The molecule has 92 valence electrons. The first-order valence-corrected chi connectivity index (χ1v) is 7.07. The third-order valence-electron chi connectivity index (χ3n) is 3.22. The molecule has 0 spiro atoms. The van der Waals surface area contributed by atoms with Crippen molar-refractivity contribution in [1.29, 1.82) is 0 Å². The standard InChI is InChI=1S/C14H18BrNO/c1-11-4-2-5-12(10-11)7-9-16-8-3-6-13(15)14(16)17/h2,4-5,10,13H,3,6-9H2,1H3. The third kappa shape index (κ3) is 3.32. The zero-order chi connectivity index (χ0) is 12.3. The van der Waals surface area contributed by atoms with Crippen LogP contribution in [0.5, 0.6) is 0 Å². The van der Waals surface area contributed by atoms with Gasteiger partial charge in [0.05, 0.1) is 4.83 Å². The summed E-state index contributed by atoms with van der Waals surface area (Å²) in [5, 5.41) is 0. The molecule has 3 heteroatoms. The molecule has 1 atom stereocenters. The van der Waals surface area contributed by atoms with E-state index < -0.39 is 0 Å². The number of alkyl halides is 1. The maximum atomic E-state index is 11.9. The average Bonchev–Trinajstić information content (AvgIpc) is 2.31. The molecule has 2 nitrogen and oxygen atoms in total. The van der Waals surface area contributed by atoms with Gasteiger partial charge in [-0.15, -0.1) is 0 Å². The number of piperidine rings is 1. The van der Waals surface area contributed by atoms with Gasteiger partial charge in [0.25, 0.3) is 0 Å². The van der Waals surface area contributed by atoms with Crippen LogP contribution < -0.4 is 0 Å². The van der Waals surface area contributed by atoms with Gasteiger partial charge in [0.2, 0.25) is 5.91 Å². The predicted molar refractivity (Wildman–Crippen MR) is 73.4 cm³/mol. The van der Waals surface area contributed by atoms with Crippen LogP contribution in [0.2, 0.25) is 0 Å². The minimum Gasteiger partial charge on any atom is -0.341 e. The smallest absolute Gasteiger partial charge is 0.236 e. The molecule has 2 rings (SSSR count). The topological polar surface area (TPSA) is 20.3 Å². The highest BCUT2D eigenvalue weighted by Crippen LogP contribution is 2.18. The van der Waals surface area contributed by atoms with E-state index in [9.17, 15) is 4.79 Å². The summed E-state index contributed by atoms with van der Waals surface area (Å²) in [5.41, 5.74) is 2.60. The van der Waals surface area contributed by atoms with E-state index in [2.05, 4.69) is 47.1 Å². The van der Waals surface area contributed by atoms with Crippen LogP contribution in [0.15, 0.2) is 24.3 Å². The molecule has 1 aliphatic rings. The minimum absolute atomic E-state index is 0.0359. The van der Waals surface area contributed by atoms with Crippen LogP contribution in [-0.2, 0) is 11.2 Å². The van der Waals surface area contributed by atoms with Gasteiger partial charge in [-0.3, -0.25) is 4.79 Å². The molecule has 1 aromatic carbocycles. The number of carbonyl (C=O) groups excluding carboxylic acids is 1. The van der Waals surface area contributed by atoms with Crippen LogP contribution in [0.1, 0.15) is 24.0 Å². The average molecular weight is 296 g/mol. The van der Waals surface area contributed by atoms with E-state index in [1.165, 1.54) is 11.1 Å². The monoisotopic (exact) mass is 295 g/mol. The first-order chi connectivity index (χ1) is 8.16. The van der Waals surface area contributed by atoms with Crippen molar-refractivity contribution in [3.8, 4) is 0 Å². The lowest BCUT2D eigenvalue weighted by atomic mass is 10.1. The van der Waals surface area contributed by atoms with E-state index in [0.717, 1.165) is 32.4 Å². The van der Waals surface area contributed by atoms with Gasteiger partial charge >= 0.3 is 0 Å². The summed E-state index contributed by atoms with van der Waals surface area (Å²) >= 11 is 3.44. The Bertz CT molecular complexity index is 405. The lowest BCUT2D eigenvalue weighted by Crippen LogP contribution is -2.42. The van der Waals surface area contributed by atoms with E-state index >= 15 is 0 Å². The third-order valence-corrected chi connectivity index (χ3v) is 4.07. The fourth-order valence-corrected chi connectivity index (χ4v) is 2.86. The minimum atomic E-state index is 0.0359. The van der Waals surface area contributed by atoms with Gasteiger partial charge < -0.3 is 4.90 Å². The van der Waals surface area contributed by atoms with E-state index in [1.807, 2.05) is 4.90 Å². The highest BCUT2D eigenvalue weighted by molar-refractivity contribution is 9.10. The quantitative estimate of drug-likeness (QED) is 0.785. The van der Waals surface area contributed by atoms with Crippen molar-refractivity contribution in [2.24, 2.45) is 0 Å². The zero-order valence-corrected chi connectivity index (χ0v) is 11.7. The maximum absolute atomic E-state index is 11.9. The van der Waals surface area contributed by atoms with Crippen LogP contribution in [0.3, 0.4) is 0 Å². The van der Waals surface area contributed by atoms with E-state index in [0.29, 0.717) is 0 Å². The number of rotatable bonds is 3. The Balaban J connectivity index is 1.91. The fourth-order valence-electron chi connectivity index (χ4n) is 2.25. The van der Waals surface area contributed by atoms with Crippen LogP contribution >= 0.6 is 15.9 Å². The van der Waals surface area contributed by atoms with Crippen molar-refractivity contribution in [2.75, 3.05) is 13.1 Å². The van der Waals surface area contributed by atoms with Gasteiger partial charge in [-0.25, -0.2) is 0 Å². The predicted octanol–water partition coefficient (Wildman–Crippen LogP) is 2.92. The largest absolute Gasteiger partial charge is 0.341 e. The Hall–Kier alpha value is -0.830. The molecule has 0 N–H and O–H groups in total. The molecule has 1 fully saturated rings. The molecule has 1 unspecified atom stereocenters. The molecule has 1 aliphatic heterocycles. The fraction of sp³-hybridized carbons (Fsp3) is 0.500. The summed E-state index contributed by atoms with van der Waals surface area (Å²) in [7, 11) is 0. The summed E-state index contributed by atoms with van der Waals surface area (Å²) in [4.78, 5) is 13.9. The molecule has 1 saturated heterocycles. The van der Waals surface area contributed by atoms with Crippen molar-refractivity contribution < 1.29 is 4.79 Å². The molecule has 0 radical (unpaired) electrons. The van der Waals surface area contributed by atoms with Crippen molar-refractivity contribution >= 4 is 21.8 Å². The van der Waals surface area contributed by atoms with Gasteiger partial charge in [0.15, 0.2) is 0 Å². The van der Waals surface area contributed by atoms with Crippen molar-refractivity contribution in [3.63, 3.8) is 0 Å². The Kier molecular flexibility index (Phi) is 4.21. The molecule has 0 bridgehead atoms. The molecular weight excluding hydrogens is 278 g/mol. The maximum Gasteiger partial charge on any atom is 0.236 e. The molecule has 1 aromatic rings. The lowest BCUT2D eigenvalue weighted by molar-refractivity contribution is -0.132. The van der Waals surface area contributed by atoms with Crippen LogP contribution in [0, 0.1) is 6.92 Å². The highest BCUT2D eigenvalue weighted by atomic mass is 79.9. The Morgan fingerprint density at radius 1 is 1.47 bits per heavy atom. The van der Waals surface area contributed by atoms with Crippen LogP contribution in [0.4, 0.5) is 0 Å². The first kappa shape index (κ1) is 12.6. The number of hydrogen-bond acceptors (Lipinski definition) is 1. The number of amides is 1.